The maximum atomic E-state index is 14.1. The standard InChI is InChI=1S/C29H32F2N6O4/c1-18-26(19-11-12-35(2)25(38)16-19)34-37(21-7-5-4-6-8-21)28(18)33-29(39)32-24-17-36(13-14-40-3)41-27(24)20-9-10-22(30)23(31)15-20/h4-8,11-12,15-16,24,27H,9-10,13-14,17H2,1-3H3,(H2,32,33,39)/t24-,27+/m1/s1. The van der Waals surface area contributed by atoms with Gasteiger partial charge in [-0.2, -0.15) is 10.2 Å². The van der Waals surface area contributed by atoms with Crippen molar-refractivity contribution in [2.45, 2.75) is 31.9 Å². The lowest BCUT2D eigenvalue weighted by Gasteiger charge is -2.23. The summed E-state index contributed by atoms with van der Waals surface area (Å²) in [4.78, 5) is 31.8. The van der Waals surface area contributed by atoms with E-state index in [0.29, 0.717) is 53.6 Å². The van der Waals surface area contributed by atoms with E-state index in [-0.39, 0.29) is 18.4 Å². The number of nitrogens with one attached hydrogen (secondary N) is 2. The number of aryl methyl sites for hydroxylation is 1. The Labute approximate surface area is 235 Å². The zero-order valence-electron chi connectivity index (χ0n) is 23.1. The number of hydrogen-bond acceptors (Lipinski definition) is 6. The molecule has 1 aliphatic carbocycles. The molecule has 2 amide bonds. The van der Waals surface area contributed by atoms with E-state index in [1.807, 2.05) is 37.3 Å². The third-order valence-corrected chi connectivity index (χ3v) is 7.19. The monoisotopic (exact) mass is 566 g/mol. The Balaban J connectivity index is 1.43. The largest absolute Gasteiger partial charge is 0.383 e. The highest BCUT2D eigenvalue weighted by molar-refractivity contribution is 5.91. The number of amides is 2. The number of allylic oxidation sites excluding steroid dienone is 3. The third kappa shape index (κ3) is 6.14. The molecule has 2 N–H and O–H groups in total. The lowest BCUT2D eigenvalue weighted by molar-refractivity contribution is -0.142. The van der Waals surface area contributed by atoms with Crippen LogP contribution in [-0.2, 0) is 16.6 Å². The highest BCUT2D eigenvalue weighted by Gasteiger charge is 2.38. The van der Waals surface area contributed by atoms with Gasteiger partial charge in [0, 0.05) is 57.1 Å². The van der Waals surface area contributed by atoms with Gasteiger partial charge in [0.25, 0.3) is 5.56 Å². The molecule has 0 saturated carbocycles. The predicted octanol–water partition coefficient (Wildman–Crippen LogP) is 4.17. The van der Waals surface area contributed by atoms with Gasteiger partial charge in [0.1, 0.15) is 17.7 Å². The number of carbonyl (C=O) groups excluding carboxylic acids is 1. The van der Waals surface area contributed by atoms with E-state index in [2.05, 4.69) is 10.6 Å². The van der Waals surface area contributed by atoms with E-state index >= 15 is 0 Å². The molecular weight excluding hydrogens is 534 g/mol. The summed E-state index contributed by atoms with van der Waals surface area (Å²) < 4.78 is 36.0. The van der Waals surface area contributed by atoms with Gasteiger partial charge in [-0.1, -0.05) is 18.2 Å². The summed E-state index contributed by atoms with van der Waals surface area (Å²) in [5.41, 5.74) is 2.92. The van der Waals surface area contributed by atoms with E-state index in [4.69, 9.17) is 14.7 Å². The number of halogens is 2. The number of benzene rings is 1. The lowest BCUT2D eigenvalue weighted by Crippen LogP contribution is -2.45. The molecule has 12 heteroatoms. The van der Waals surface area contributed by atoms with Gasteiger partial charge >= 0.3 is 6.03 Å². The van der Waals surface area contributed by atoms with Crippen molar-refractivity contribution >= 4 is 11.8 Å². The van der Waals surface area contributed by atoms with E-state index in [0.717, 1.165) is 6.08 Å². The highest BCUT2D eigenvalue weighted by atomic mass is 19.2. The summed E-state index contributed by atoms with van der Waals surface area (Å²) in [6, 6.07) is 11.5. The molecule has 0 bridgehead atoms. The zero-order chi connectivity index (χ0) is 29.1. The Morgan fingerprint density at radius 1 is 1.20 bits per heavy atom. The van der Waals surface area contributed by atoms with E-state index < -0.39 is 29.8 Å². The van der Waals surface area contributed by atoms with Gasteiger partial charge in [0.15, 0.2) is 5.83 Å². The van der Waals surface area contributed by atoms with Crippen molar-refractivity contribution in [3.63, 3.8) is 0 Å². The molecule has 41 heavy (non-hydrogen) atoms. The second-order valence-electron chi connectivity index (χ2n) is 10.0. The number of pyridine rings is 1. The normalized spacial score (nSPS) is 19.4. The van der Waals surface area contributed by atoms with Crippen molar-refractivity contribution in [1.29, 1.82) is 0 Å². The summed E-state index contributed by atoms with van der Waals surface area (Å²) in [6.45, 7) is 2.97. The average molecular weight is 567 g/mol. The molecule has 10 nitrogen and oxygen atoms in total. The van der Waals surface area contributed by atoms with Gasteiger partial charge in [0.2, 0.25) is 0 Å². The molecule has 1 aliphatic heterocycles. The molecule has 2 aromatic heterocycles. The molecular formula is C29H32F2N6O4. The van der Waals surface area contributed by atoms with E-state index in [1.165, 1.54) is 10.6 Å². The Bertz CT molecular complexity index is 1550. The quantitative estimate of drug-likeness (QED) is 0.425. The molecule has 2 aliphatic rings. The molecule has 1 fully saturated rings. The number of hydrogen-bond donors (Lipinski definition) is 2. The summed E-state index contributed by atoms with van der Waals surface area (Å²) in [7, 11) is 3.24. The summed E-state index contributed by atoms with van der Waals surface area (Å²) in [5, 5.41) is 12.3. The van der Waals surface area contributed by atoms with Gasteiger partial charge in [-0.25, -0.2) is 18.3 Å². The van der Waals surface area contributed by atoms with Crippen LogP contribution in [0, 0.1) is 6.92 Å². The zero-order valence-corrected chi connectivity index (χ0v) is 23.1. The molecule has 0 unspecified atom stereocenters. The Kier molecular flexibility index (Phi) is 8.43. The van der Waals surface area contributed by atoms with Crippen molar-refractivity contribution in [1.82, 2.24) is 24.7 Å². The molecule has 0 spiro atoms. The van der Waals surface area contributed by atoms with E-state index in [1.54, 1.807) is 36.2 Å². The fourth-order valence-corrected chi connectivity index (χ4v) is 4.97. The number of methoxy groups -OCH3 is 1. The molecule has 3 aromatic rings. The van der Waals surface area contributed by atoms with Gasteiger partial charge in [-0.05, 0) is 43.2 Å². The number of rotatable bonds is 8. The molecule has 1 aromatic carbocycles. The van der Waals surface area contributed by atoms with E-state index in [9.17, 15) is 18.4 Å². The van der Waals surface area contributed by atoms with Crippen LogP contribution in [0.25, 0.3) is 16.9 Å². The van der Waals surface area contributed by atoms with Crippen LogP contribution in [0.2, 0.25) is 0 Å². The maximum Gasteiger partial charge on any atom is 0.320 e. The van der Waals surface area contributed by atoms with Crippen LogP contribution in [0.4, 0.5) is 19.4 Å². The maximum absolute atomic E-state index is 14.1. The van der Waals surface area contributed by atoms with Crippen molar-refractivity contribution in [2.24, 2.45) is 7.05 Å². The summed E-state index contributed by atoms with van der Waals surface area (Å²) in [5.74, 6) is -1.29. The SMILES string of the molecule is COCCN1C[C@@H](NC(=O)Nc2c(C)c(-c3ccn(C)c(=O)c3)nn2-c2ccccc2)[C@H](C2=CC(F)=C(F)CC2)O1. The van der Waals surface area contributed by atoms with Crippen molar-refractivity contribution < 1.29 is 23.1 Å². The number of anilines is 1. The smallest absolute Gasteiger partial charge is 0.320 e. The van der Waals surface area contributed by atoms with Crippen molar-refractivity contribution in [3.8, 4) is 16.9 Å². The number of nitrogens with zero attached hydrogens (tertiary/aromatic N) is 4. The molecule has 216 valence electrons. The topological polar surface area (TPSA) is 103 Å². The van der Waals surface area contributed by atoms with Crippen LogP contribution in [0.1, 0.15) is 18.4 Å². The first-order valence-corrected chi connectivity index (χ1v) is 13.3. The first-order chi connectivity index (χ1) is 19.7. The fourth-order valence-electron chi connectivity index (χ4n) is 4.97. The minimum Gasteiger partial charge on any atom is -0.383 e. The fraction of sp³-hybridized carbons (Fsp3) is 0.345. The Morgan fingerprint density at radius 2 is 1.98 bits per heavy atom. The van der Waals surface area contributed by atoms with Crippen LogP contribution in [0.15, 0.2) is 76.8 Å². The second-order valence-corrected chi connectivity index (χ2v) is 10.0. The Morgan fingerprint density at radius 3 is 2.68 bits per heavy atom. The summed E-state index contributed by atoms with van der Waals surface area (Å²) in [6.07, 6.45) is 2.36. The number of aromatic nitrogens is 3. The molecule has 5 rings (SSSR count). The molecule has 0 radical (unpaired) electrons. The Hall–Kier alpha value is -4.13. The van der Waals surface area contributed by atoms with Crippen molar-refractivity contribution in [2.75, 3.05) is 32.1 Å². The third-order valence-electron chi connectivity index (χ3n) is 7.19. The number of para-hydroxylation sites is 1. The number of hydroxylamine groups is 2. The van der Waals surface area contributed by atoms with Gasteiger partial charge in [0.05, 0.1) is 24.0 Å². The first kappa shape index (κ1) is 28.4. The van der Waals surface area contributed by atoms with Crippen molar-refractivity contribution in [3.05, 3.63) is 87.9 Å². The molecule has 3 heterocycles. The predicted molar refractivity (Wildman–Crippen MR) is 150 cm³/mol. The van der Waals surface area contributed by atoms with Crippen LogP contribution >= 0.6 is 0 Å². The minimum atomic E-state index is -0.918. The number of urea groups is 1. The lowest BCUT2D eigenvalue weighted by atomic mass is 9.94. The molecule has 1 saturated heterocycles. The average Bonchev–Trinajstić information content (AvgIpc) is 3.51. The van der Waals surface area contributed by atoms with Gasteiger partial charge in [-0.3, -0.25) is 14.9 Å². The first-order valence-electron chi connectivity index (χ1n) is 13.3. The minimum absolute atomic E-state index is 0.0602. The van der Waals surface area contributed by atoms with Crippen LogP contribution in [0.5, 0.6) is 0 Å². The van der Waals surface area contributed by atoms with Crippen LogP contribution in [-0.4, -0.2) is 64.4 Å². The molecule has 2 atom stereocenters. The number of ether oxygens (including phenoxy) is 1. The second kappa shape index (κ2) is 12.2. The van der Waals surface area contributed by atoms with Gasteiger partial charge in [-0.15, -0.1) is 0 Å². The summed E-state index contributed by atoms with van der Waals surface area (Å²) >= 11 is 0. The van der Waals surface area contributed by atoms with Gasteiger partial charge < -0.3 is 14.6 Å². The number of carbonyl (C=O) groups is 1. The highest BCUT2D eigenvalue weighted by Crippen LogP contribution is 2.33. The van der Waals surface area contributed by atoms with Crippen LogP contribution < -0.4 is 16.2 Å². The van der Waals surface area contributed by atoms with Crippen LogP contribution in [0.3, 0.4) is 0 Å².